The summed E-state index contributed by atoms with van der Waals surface area (Å²) in [6.45, 7) is 2.10. The minimum Gasteiger partial charge on any atom is -0.332 e. The zero-order valence-electron chi connectivity index (χ0n) is 10.3. The van der Waals surface area contributed by atoms with Crippen LogP contribution in [0.2, 0.25) is 5.02 Å². The van der Waals surface area contributed by atoms with Gasteiger partial charge in [-0.15, -0.1) is 0 Å². The molecule has 0 bridgehead atoms. The molecular formula is C13H17ClN2OS. The van der Waals surface area contributed by atoms with Gasteiger partial charge in [0.05, 0.1) is 0 Å². The van der Waals surface area contributed by atoms with E-state index in [9.17, 15) is 4.79 Å². The quantitative estimate of drug-likeness (QED) is 0.639. The highest BCUT2D eigenvalue weighted by atomic mass is 35.5. The molecular weight excluding hydrogens is 268 g/mol. The second-order valence-corrected chi connectivity index (χ2v) is 4.81. The van der Waals surface area contributed by atoms with Gasteiger partial charge in [0.1, 0.15) is 0 Å². The third-order valence-corrected chi connectivity index (χ3v) is 2.78. The van der Waals surface area contributed by atoms with Crippen LogP contribution in [0.15, 0.2) is 24.3 Å². The van der Waals surface area contributed by atoms with Gasteiger partial charge in [-0.25, -0.2) is 0 Å². The Kier molecular flexibility index (Phi) is 6.68. The molecule has 3 nitrogen and oxygen atoms in total. The zero-order chi connectivity index (χ0) is 13.4. The molecule has 2 N–H and O–H groups in total. The van der Waals surface area contributed by atoms with E-state index in [0.29, 0.717) is 16.6 Å². The Labute approximate surface area is 118 Å². The lowest BCUT2D eigenvalue weighted by Gasteiger charge is -2.09. The number of hydrogen-bond donors (Lipinski definition) is 2. The van der Waals surface area contributed by atoms with E-state index in [1.54, 1.807) is 12.1 Å². The molecule has 1 aromatic carbocycles. The summed E-state index contributed by atoms with van der Waals surface area (Å²) in [5.74, 6) is -0.0528. The second kappa shape index (κ2) is 8.06. The van der Waals surface area contributed by atoms with Crippen molar-refractivity contribution < 1.29 is 4.79 Å². The summed E-state index contributed by atoms with van der Waals surface area (Å²) in [6, 6.07) is 7.17. The number of unbranched alkanes of at least 4 members (excludes halogenated alkanes) is 2. The lowest BCUT2D eigenvalue weighted by atomic mass is 10.2. The normalized spacial score (nSPS) is 9.89. The van der Waals surface area contributed by atoms with Crippen molar-refractivity contribution in [3.63, 3.8) is 0 Å². The topological polar surface area (TPSA) is 41.1 Å². The number of nitrogens with one attached hydrogen (secondary N) is 2. The van der Waals surface area contributed by atoms with Crippen LogP contribution in [0.25, 0.3) is 0 Å². The molecule has 1 amide bonds. The van der Waals surface area contributed by atoms with E-state index in [4.69, 9.17) is 23.8 Å². The third kappa shape index (κ3) is 5.98. The summed E-state index contributed by atoms with van der Waals surface area (Å²) in [5.41, 5.74) is 0.765. The maximum Gasteiger partial charge on any atom is 0.226 e. The molecule has 0 saturated heterocycles. The molecule has 0 aliphatic rings. The van der Waals surface area contributed by atoms with Crippen molar-refractivity contribution >= 4 is 40.5 Å². The number of rotatable bonds is 5. The van der Waals surface area contributed by atoms with Crippen molar-refractivity contribution in [3.05, 3.63) is 29.3 Å². The van der Waals surface area contributed by atoms with Gasteiger partial charge >= 0.3 is 0 Å². The average Bonchev–Trinajstić information content (AvgIpc) is 2.29. The highest BCUT2D eigenvalue weighted by molar-refractivity contribution is 7.80. The molecule has 1 aromatic rings. The van der Waals surface area contributed by atoms with E-state index in [1.165, 1.54) is 0 Å². The number of amides is 1. The Hall–Kier alpha value is -1.13. The first kappa shape index (κ1) is 14.9. The van der Waals surface area contributed by atoms with Gasteiger partial charge in [0.25, 0.3) is 0 Å². The molecule has 98 valence electrons. The Morgan fingerprint density at radius 1 is 1.39 bits per heavy atom. The van der Waals surface area contributed by atoms with Crippen molar-refractivity contribution in [3.8, 4) is 0 Å². The molecule has 0 radical (unpaired) electrons. The van der Waals surface area contributed by atoms with E-state index >= 15 is 0 Å². The van der Waals surface area contributed by atoms with Gasteiger partial charge in [0.15, 0.2) is 5.11 Å². The Balaban J connectivity index is 2.35. The van der Waals surface area contributed by atoms with Crippen LogP contribution in [0, 0.1) is 0 Å². The number of benzene rings is 1. The first-order chi connectivity index (χ1) is 8.61. The summed E-state index contributed by atoms with van der Waals surface area (Å²) in [5, 5.41) is 6.49. The Morgan fingerprint density at radius 3 is 2.83 bits per heavy atom. The van der Waals surface area contributed by atoms with Crippen LogP contribution < -0.4 is 10.6 Å². The third-order valence-electron chi connectivity index (χ3n) is 2.34. The van der Waals surface area contributed by atoms with Gasteiger partial charge in [-0.1, -0.05) is 37.4 Å². The van der Waals surface area contributed by atoms with Gasteiger partial charge in [0.2, 0.25) is 5.91 Å². The molecule has 0 saturated carbocycles. The van der Waals surface area contributed by atoms with Gasteiger partial charge in [0, 0.05) is 17.1 Å². The first-order valence-corrected chi connectivity index (χ1v) is 6.77. The summed E-state index contributed by atoms with van der Waals surface area (Å²) in [4.78, 5) is 11.5. The van der Waals surface area contributed by atoms with Crippen LogP contribution >= 0.6 is 23.8 Å². The summed E-state index contributed by atoms with van der Waals surface area (Å²) in [7, 11) is 0. The monoisotopic (exact) mass is 284 g/mol. The summed E-state index contributed by atoms with van der Waals surface area (Å²) < 4.78 is 0. The molecule has 1 rings (SSSR count). The SMILES string of the molecule is CCCCCC(=O)NC(=S)Nc1cccc(Cl)c1. The predicted octanol–water partition coefficient (Wildman–Crippen LogP) is 3.73. The lowest BCUT2D eigenvalue weighted by molar-refractivity contribution is -0.119. The van der Waals surface area contributed by atoms with Gasteiger partial charge < -0.3 is 10.6 Å². The van der Waals surface area contributed by atoms with Crippen molar-refractivity contribution in [2.75, 3.05) is 5.32 Å². The molecule has 0 heterocycles. The molecule has 0 unspecified atom stereocenters. The highest BCUT2D eigenvalue weighted by Gasteiger charge is 2.04. The second-order valence-electron chi connectivity index (χ2n) is 3.97. The minimum atomic E-state index is -0.0528. The highest BCUT2D eigenvalue weighted by Crippen LogP contribution is 2.14. The predicted molar refractivity (Wildman–Crippen MR) is 80.0 cm³/mol. The summed E-state index contributed by atoms with van der Waals surface area (Å²) >= 11 is 10.9. The van der Waals surface area contributed by atoms with Crippen molar-refractivity contribution in [1.82, 2.24) is 5.32 Å². The van der Waals surface area contributed by atoms with E-state index in [1.807, 2.05) is 12.1 Å². The van der Waals surface area contributed by atoms with Crippen LogP contribution in [-0.4, -0.2) is 11.0 Å². The van der Waals surface area contributed by atoms with Crippen LogP contribution in [0.1, 0.15) is 32.6 Å². The van der Waals surface area contributed by atoms with E-state index in [2.05, 4.69) is 17.6 Å². The number of halogens is 1. The van der Waals surface area contributed by atoms with Crippen molar-refractivity contribution in [1.29, 1.82) is 0 Å². The standard InChI is InChI=1S/C13H17ClN2OS/c1-2-3-4-8-12(17)16-13(18)15-11-7-5-6-10(14)9-11/h5-7,9H,2-4,8H2,1H3,(H2,15,16,17,18). The number of carbonyl (C=O) groups excluding carboxylic acids is 1. The fourth-order valence-electron chi connectivity index (χ4n) is 1.45. The average molecular weight is 285 g/mol. The summed E-state index contributed by atoms with van der Waals surface area (Å²) in [6.07, 6.45) is 3.55. The number of hydrogen-bond acceptors (Lipinski definition) is 2. The van der Waals surface area contributed by atoms with Crippen LogP contribution in [0.5, 0.6) is 0 Å². The molecule has 18 heavy (non-hydrogen) atoms. The molecule has 0 spiro atoms. The van der Waals surface area contributed by atoms with Crippen molar-refractivity contribution in [2.24, 2.45) is 0 Å². The van der Waals surface area contributed by atoms with Gasteiger partial charge in [-0.3, -0.25) is 4.79 Å². The Morgan fingerprint density at radius 2 is 2.17 bits per heavy atom. The molecule has 0 aromatic heterocycles. The number of anilines is 1. The van der Waals surface area contributed by atoms with Gasteiger partial charge in [-0.2, -0.15) is 0 Å². The smallest absolute Gasteiger partial charge is 0.226 e. The zero-order valence-corrected chi connectivity index (χ0v) is 11.9. The lowest BCUT2D eigenvalue weighted by Crippen LogP contribution is -2.33. The maximum atomic E-state index is 11.5. The maximum absolute atomic E-state index is 11.5. The van der Waals surface area contributed by atoms with E-state index < -0.39 is 0 Å². The van der Waals surface area contributed by atoms with E-state index in [-0.39, 0.29) is 5.91 Å². The molecule has 0 atom stereocenters. The molecule has 0 aliphatic carbocycles. The number of thiocarbonyl (C=S) groups is 1. The van der Waals surface area contributed by atoms with Gasteiger partial charge in [-0.05, 0) is 36.8 Å². The first-order valence-electron chi connectivity index (χ1n) is 5.98. The van der Waals surface area contributed by atoms with Crippen LogP contribution in [-0.2, 0) is 4.79 Å². The number of carbonyl (C=O) groups is 1. The minimum absolute atomic E-state index is 0.0528. The molecule has 0 aliphatic heterocycles. The molecule has 0 fully saturated rings. The van der Waals surface area contributed by atoms with Crippen molar-refractivity contribution in [2.45, 2.75) is 32.6 Å². The fraction of sp³-hybridized carbons (Fsp3) is 0.385. The van der Waals surface area contributed by atoms with Crippen LogP contribution in [0.4, 0.5) is 5.69 Å². The van der Waals surface area contributed by atoms with E-state index in [0.717, 1.165) is 24.9 Å². The Bertz CT molecular complexity index is 423. The largest absolute Gasteiger partial charge is 0.332 e. The molecule has 5 heteroatoms. The fourth-order valence-corrected chi connectivity index (χ4v) is 1.88. The van der Waals surface area contributed by atoms with Crippen LogP contribution in [0.3, 0.4) is 0 Å².